The predicted molar refractivity (Wildman–Crippen MR) is 75.4 cm³/mol. The van der Waals surface area contributed by atoms with Crippen molar-refractivity contribution < 1.29 is 8.81 Å². The standard InChI is InChI=1S/C16H14FNO/c1-2-14-16(10-7-8-13(18)12(17)9-10)11-5-3-4-6-15(11)19-14/h3-9H,2,18H2,1H3. The summed E-state index contributed by atoms with van der Waals surface area (Å²) in [6, 6.07) is 12.7. The lowest BCUT2D eigenvalue weighted by molar-refractivity contribution is 0.558. The highest BCUT2D eigenvalue weighted by Gasteiger charge is 2.15. The molecule has 0 aliphatic rings. The minimum atomic E-state index is -0.398. The van der Waals surface area contributed by atoms with E-state index in [4.69, 9.17) is 10.2 Å². The van der Waals surface area contributed by atoms with Crippen LogP contribution in [0.4, 0.5) is 10.1 Å². The number of aryl methyl sites for hydroxylation is 1. The van der Waals surface area contributed by atoms with Crippen LogP contribution in [-0.2, 0) is 6.42 Å². The van der Waals surface area contributed by atoms with Gasteiger partial charge in [-0.15, -0.1) is 0 Å². The predicted octanol–water partition coefficient (Wildman–Crippen LogP) is 4.38. The van der Waals surface area contributed by atoms with Gasteiger partial charge in [-0.2, -0.15) is 0 Å². The van der Waals surface area contributed by atoms with E-state index in [1.807, 2.05) is 37.3 Å². The number of rotatable bonds is 2. The van der Waals surface area contributed by atoms with Gasteiger partial charge in [0.15, 0.2) is 0 Å². The second-order valence-corrected chi connectivity index (χ2v) is 4.49. The maximum Gasteiger partial charge on any atom is 0.146 e. The van der Waals surface area contributed by atoms with Crippen LogP contribution in [0.25, 0.3) is 22.1 Å². The number of nitrogen functional groups attached to an aromatic ring is 1. The molecule has 3 rings (SSSR count). The molecule has 96 valence electrons. The highest BCUT2D eigenvalue weighted by Crippen LogP contribution is 2.35. The number of hydrogen-bond donors (Lipinski definition) is 1. The Bertz CT molecular complexity index is 746. The highest BCUT2D eigenvalue weighted by molar-refractivity contribution is 5.95. The maximum absolute atomic E-state index is 13.7. The van der Waals surface area contributed by atoms with Gasteiger partial charge < -0.3 is 10.2 Å². The first kappa shape index (κ1) is 11.8. The summed E-state index contributed by atoms with van der Waals surface area (Å²) in [5.74, 6) is 0.468. The van der Waals surface area contributed by atoms with E-state index in [0.29, 0.717) is 0 Å². The minimum absolute atomic E-state index is 0.162. The van der Waals surface area contributed by atoms with Crippen molar-refractivity contribution in [2.45, 2.75) is 13.3 Å². The van der Waals surface area contributed by atoms with Gasteiger partial charge in [-0.3, -0.25) is 0 Å². The molecule has 1 aromatic heterocycles. The Morgan fingerprint density at radius 3 is 2.68 bits per heavy atom. The molecular formula is C16H14FNO. The second kappa shape index (κ2) is 4.43. The van der Waals surface area contributed by atoms with Gasteiger partial charge in [0.2, 0.25) is 0 Å². The molecule has 0 radical (unpaired) electrons. The first-order valence-electron chi connectivity index (χ1n) is 6.26. The molecule has 0 aliphatic carbocycles. The molecule has 2 aromatic carbocycles. The average molecular weight is 255 g/mol. The van der Waals surface area contributed by atoms with Gasteiger partial charge in [0.25, 0.3) is 0 Å². The van der Waals surface area contributed by atoms with Crippen LogP contribution >= 0.6 is 0 Å². The van der Waals surface area contributed by atoms with Gasteiger partial charge in [-0.25, -0.2) is 4.39 Å². The molecule has 0 spiro atoms. The number of halogens is 1. The van der Waals surface area contributed by atoms with Gasteiger partial charge in [-0.1, -0.05) is 31.2 Å². The van der Waals surface area contributed by atoms with E-state index in [-0.39, 0.29) is 5.69 Å². The molecule has 0 amide bonds. The van der Waals surface area contributed by atoms with E-state index in [0.717, 1.165) is 34.3 Å². The van der Waals surface area contributed by atoms with E-state index < -0.39 is 5.82 Å². The number of anilines is 1. The summed E-state index contributed by atoms with van der Waals surface area (Å²) in [7, 11) is 0. The van der Waals surface area contributed by atoms with Crippen LogP contribution < -0.4 is 5.73 Å². The largest absolute Gasteiger partial charge is 0.460 e. The monoisotopic (exact) mass is 255 g/mol. The second-order valence-electron chi connectivity index (χ2n) is 4.49. The van der Waals surface area contributed by atoms with Gasteiger partial charge in [0, 0.05) is 17.4 Å². The smallest absolute Gasteiger partial charge is 0.146 e. The van der Waals surface area contributed by atoms with Crippen molar-refractivity contribution in [1.82, 2.24) is 0 Å². The Labute approximate surface area is 110 Å². The van der Waals surface area contributed by atoms with Crippen LogP contribution in [0, 0.1) is 5.82 Å². The lowest BCUT2D eigenvalue weighted by Gasteiger charge is -2.04. The van der Waals surface area contributed by atoms with E-state index in [2.05, 4.69) is 0 Å². The topological polar surface area (TPSA) is 39.2 Å². The van der Waals surface area contributed by atoms with Gasteiger partial charge in [0.05, 0.1) is 5.69 Å². The fraction of sp³-hybridized carbons (Fsp3) is 0.125. The molecule has 2 N–H and O–H groups in total. The molecule has 1 heterocycles. The van der Waals surface area contributed by atoms with Crippen molar-refractivity contribution in [3.05, 3.63) is 54.0 Å². The molecule has 0 unspecified atom stereocenters. The number of fused-ring (bicyclic) bond motifs is 1. The normalized spacial score (nSPS) is 11.1. The molecule has 0 saturated carbocycles. The minimum Gasteiger partial charge on any atom is -0.460 e. The molecule has 0 fully saturated rings. The van der Waals surface area contributed by atoms with Crippen molar-refractivity contribution in [1.29, 1.82) is 0 Å². The van der Waals surface area contributed by atoms with Crippen LogP contribution in [0.5, 0.6) is 0 Å². The summed E-state index contributed by atoms with van der Waals surface area (Å²) in [6.45, 7) is 2.02. The van der Waals surface area contributed by atoms with Crippen molar-refractivity contribution in [3.63, 3.8) is 0 Å². The maximum atomic E-state index is 13.7. The highest BCUT2D eigenvalue weighted by atomic mass is 19.1. The third-order valence-electron chi connectivity index (χ3n) is 3.28. The third kappa shape index (κ3) is 1.87. The molecule has 0 bridgehead atoms. The first-order chi connectivity index (χ1) is 9.20. The van der Waals surface area contributed by atoms with Crippen molar-refractivity contribution in [2.75, 3.05) is 5.73 Å². The first-order valence-corrected chi connectivity index (χ1v) is 6.26. The van der Waals surface area contributed by atoms with E-state index in [1.165, 1.54) is 6.07 Å². The van der Waals surface area contributed by atoms with Crippen LogP contribution in [0.2, 0.25) is 0 Å². The zero-order chi connectivity index (χ0) is 13.4. The summed E-state index contributed by atoms with van der Waals surface area (Å²) >= 11 is 0. The van der Waals surface area contributed by atoms with E-state index in [1.54, 1.807) is 6.07 Å². The molecule has 0 saturated heterocycles. The summed E-state index contributed by atoms with van der Waals surface area (Å²) in [6.07, 6.45) is 0.760. The Hall–Kier alpha value is -2.29. The van der Waals surface area contributed by atoms with Gasteiger partial charge >= 0.3 is 0 Å². The Morgan fingerprint density at radius 2 is 1.95 bits per heavy atom. The molecule has 0 atom stereocenters. The molecule has 3 aromatic rings. The lowest BCUT2D eigenvalue weighted by atomic mass is 10.0. The Kier molecular flexibility index (Phi) is 2.75. The number of hydrogen-bond acceptors (Lipinski definition) is 2. The summed E-state index contributed by atoms with van der Waals surface area (Å²) < 4.78 is 19.5. The number of benzene rings is 2. The van der Waals surface area contributed by atoms with Crippen LogP contribution in [0.15, 0.2) is 46.9 Å². The SMILES string of the molecule is CCc1oc2ccccc2c1-c1ccc(N)c(F)c1. The number of para-hydroxylation sites is 1. The van der Waals surface area contributed by atoms with Gasteiger partial charge in [0.1, 0.15) is 17.2 Å². The average Bonchev–Trinajstić information content (AvgIpc) is 2.80. The summed E-state index contributed by atoms with van der Waals surface area (Å²) in [5, 5.41) is 1.00. The van der Waals surface area contributed by atoms with Gasteiger partial charge in [-0.05, 0) is 23.8 Å². The third-order valence-corrected chi connectivity index (χ3v) is 3.28. The number of nitrogens with two attached hydrogens (primary N) is 1. The zero-order valence-electron chi connectivity index (χ0n) is 10.6. The van der Waals surface area contributed by atoms with E-state index in [9.17, 15) is 4.39 Å². The molecular weight excluding hydrogens is 241 g/mol. The van der Waals surface area contributed by atoms with Crippen molar-refractivity contribution in [2.24, 2.45) is 0 Å². The van der Waals surface area contributed by atoms with E-state index >= 15 is 0 Å². The molecule has 3 heteroatoms. The van der Waals surface area contributed by atoms with Crippen LogP contribution in [-0.4, -0.2) is 0 Å². The molecule has 2 nitrogen and oxygen atoms in total. The van der Waals surface area contributed by atoms with Crippen molar-refractivity contribution in [3.8, 4) is 11.1 Å². The zero-order valence-corrected chi connectivity index (χ0v) is 10.6. The van der Waals surface area contributed by atoms with Crippen LogP contribution in [0.1, 0.15) is 12.7 Å². The molecule has 19 heavy (non-hydrogen) atoms. The van der Waals surface area contributed by atoms with Crippen LogP contribution in [0.3, 0.4) is 0 Å². The number of furan rings is 1. The van der Waals surface area contributed by atoms with Crippen molar-refractivity contribution >= 4 is 16.7 Å². The fourth-order valence-electron chi connectivity index (χ4n) is 2.34. The lowest BCUT2D eigenvalue weighted by Crippen LogP contribution is -1.91. The summed E-state index contributed by atoms with van der Waals surface area (Å²) in [4.78, 5) is 0. The fourth-order valence-corrected chi connectivity index (χ4v) is 2.34. The Balaban J connectivity index is 2.31. The molecule has 0 aliphatic heterocycles. The Morgan fingerprint density at radius 1 is 1.16 bits per heavy atom. The summed E-state index contributed by atoms with van der Waals surface area (Å²) in [5.41, 5.74) is 8.27. The quantitative estimate of drug-likeness (QED) is 0.690.